The number of aromatic nitrogens is 1. The summed E-state index contributed by atoms with van der Waals surface area (Å²) in [6.45, 7) is 0. The fourth-order valence-electron chi connectivity index (χ4n) is 2.97. The van der Waals surface area contributed by atoms with Crippen molar-refractivity contribution in [1.82, 2.24) is 10.3 Å². The average molecular weight is 284 g/mol. The zero-order valence-corrected chi connectivity index (χ0v) is 11.5. The van der Waals surface area contributed by atoms with Crippen LogP contribution in [0.5, 0.6) is 0 Å². The van der Waals surface area contributed by atoms with Crippen LogP contribution in [0.2, 0.25) is 0 Å². The van der Waals surface area contributed by atoms with Crippen molar-refractivity contribution in [2.45, 2.75) is 25.3 Å². The van der Waals surface area contributed by atoms with Crippen LogP contribution in [0.15, 0.2) is 36.5 Å². The molecule has 0 radical (unpaired) electrons. The number of aliphatic carboxylic acids is 1. The van der Waals surface area contributed by atoms with Gasteiger partial charge in [-0.1, -0.05) is 30.7 Å². The minimum atomic E-state index is -0.844. The molecule has 1 amide bonds. The Hall–Kier alpha value is -2.43. The van der Waals surface area contributed by atoms with Crippen molar-refractivity contribution >= 4 is 22.6 Å². The lowest BCUT2D eigenvalue weighted by molar-refractivity contribution is -0.142. The number of carbonyl (C=O) groups is 2. The van der Waals surface area contributed by atoms with Gasteiger partial charge in [-0.05, 0) is 24.3 Å². The second-order valence-corrected chi connectivity index (χ2v) is 5.34. The fraction of sp³-hybridized carbons (Fsp3) is 0.312. The molecule has 21 heavy (non-hydrogen) atoms. The number of carboxylic acid groups (broad SMARTS) is 1. The van der Waals surface area contributed by atoms with Crippen LogP contribution in [-0.4, -0.2) is 28.0 Å². The highest BCUT2D eigenvalue weighted by Crippen LogP contribution is 2.26. The molecule has 0 spiro atoms. The van der Waals surface area contributed by atoms with Gasteiger partial charge in [0.15, 0.2) is 0 Å². The zero-order chi connectivity index (χ0) is 14.8. The van der Waals surface area contributed by atoms with Gasteiger partial charge in [0.05, 0.1) is 5.92 Å². The first kappa shape index (κ1) is 13.5. The van der Waals surface area contributed by atoms with E-state index in [1.54, 1.807) is 6.20 Å². The van der Waals surface area contributed by atoms with Crippen LogP contribution in [0.4, 0.5) is 0 Å². The predicted molar refractivity (Wildman–Crippen MR) is 78.0 cm³/mol. The highest BCUT2D eigenvalue weighted by molar-refractivity contribution is 6.05. The van der Waals surface area contributed by atoms with E-state index in [-0.39, 0.29) is 11.9 Å². The summed E-state index contributed by atoms with van der Waals surface area (Å²) in [5.74, 6) is -1.64. The van der Waals surface area contributed by atoms with E-state index < -0.39 is 11.9 Å². The van der Waals surface area contributed by atoms with Gasteiger partial charge in [0.25, 0.3) is 5.91 Å². The van der Waals surface area contributed by atoms with Crippen LogP contribution in [-0.2, 0) is 4.79 Å². The molecule has 1 heterocycles. The molecule has 0 saturated heterocycles. The van der Waals surface area contributed by atoms with Crippen molar-refractivity contribution in [2.24, 2.45) is 5.92 Å². The number of carbonyl (C=O) groups excluding carboxylic acids is 1. The van der Waals surface area contributed by atoms with E-state index in [9.17, 15) is 14.7 Å². The first-order valence-corrected chi connectivity index (χ1v) is 7.04. The summed E-state index contributed by atoms with van der Waals surface area (Å²) < 4.78 is 0. The number of pyridine rings is 1. The summed E-state index contributed by atoms with van der Waals surface area (Å²) in [5, 5.41) is 13.7. The fourth-order valence-corrected chi connectivity index (χ4v) is 2.97. The number of nitrogens with zero attached hydrogens (tertiary/aromatic N) is 1. The van der Waals surface area contributed by atoms with Gasteiger partial charge in [0.2, 0.25) is 0 Å². The molecular weight excluding hydrogens is 268 g/mol. The number of rotatable bonds is 3. The highest BCUT2D eigenvalue weighted by atomic mass is 16.4. The Balaban J connectivity index is 1.86. The summed E-state index contributed by atoms with van der Waals surface area (Å²) in [6.07, 6.45) is 3.74. The molecule has 2 aromatic rings. The molecule has 108 valence electrons. The molecule has 5 heteroatoms. The number of hydrogen-bond acceptors (Lipinski definition) is 3. The third-order valence-electron chi connectivity index (χ3n) is 4.04. The van der Waals surface area contributed by atoms with Crippen LogP contribution in [0.25, 0.3) is 10.8 Å². The molecule has 5 nitrogen and oxygen atoms in total. The predicted octanol–water partition coefficient (Wildman–Crippen LogP) is 2.22. The molecule has 1 aromatic heterocycles. The monoisotopic (exact) mass is 284 g/mol. The van der Waals surface area contributed by atoms with Crippen molar-refractivity contribution in [3.8, 4) is 0 Å². The molecule has 0 aliphatic heterocycles. The van der Waals surface area contributed by atoms with Crippen molar-refractivity contribution in [3.05, 3.63) is 42.2 Å². The van der Waals surface area contributed by atoms with Crippen LogP contribution in [0.1, 0.15) is 29.8 Å². The van der Waals surface area contributed by atoms with E-state index in [0.29, 0.717) is 18.5 Å². The lowest BCUT2D eigenvalue weighted by Gasteiger charge is -2.17. The van der Waals surface area contributed by atoms with Gasteiger partial charge >= 0.3 is 5.97 Å². The van der Waals surface area contributed by atoms with Gasteiger partial charge in [-0.2, -0.15) is 0 Å². The van der Waals surface area contributed by atoms with Crippen molar-refractivity contribution in [2.75, 3.05) is 0 Å². The minimum Gasteiger partial charge on any atom is -0.481 e. The SMILES string of the molecule is O=C(N[C@H]1CCC[C@H]1C(=O)O)c1nccc2ccccc12. The molecule has 1 aliphatic carbocycles. The maximum atomic E-state index is 12.4. The Morgan fingerprint density at radius 1 is 1.19 bits per heavy atom. The molecule has 0 bridgehead atoms. The van der Waals surface area contributed by atoms with Crippen LogP contribution < -0.4 is 5.32 Å². The van der Waals surface area contributed by atoms with Gasteiger partial charge in [-0.3, -0.25) is 14.6 Å². The van der Waals surface area contributed by atoms with E-state index in [2.05, 4.69) is 10.3 Å². The number of carboxylic acids is 1. The molecule has 1 aliphatic rings. The lowest BCUT2D eigenvalue weighted by atomic mass is 10.0. The molecule has 3 rings (SSSR count). The Morgan fingerprint density at radius 2 is 2.00 bits per heavy atom. The van der Waals surface area contributed by atoms with Crippen molar-refractivity contribution in [3.63, 3.8) is 0 Å². The van der Waals surface area contributed by atoms with E-state index in [0.717, 1.165) is 17.2 Å². The molecule has 2 N–H and O–H groups in total. The molecule has 1 saturated carbocycles. The molecule has 0 unspecified atom stereocenters. The first-order valence-electron chi connectivity index (χ1n) is 7.04. The first-order chi connectivity index (χ1) is 10.2. The maximum absolute atomic E-state index is 12.4. The van der Waals surface area contributed by atoms with Gasteiger partial charge in [0.1, 0.15) is 5.69 Å². The molecule has 2 atom stereocenters. The van der Waals surface area contributed by atoms with Gasteiger partial charge in [-0.25, -0.2) is 0 Å². The third-order valence-corrected chi connectivity index (χ3v) is 4.04. The summed E-state index contributed by atoms with van der Waals surface area (Å²) in [5.41, 5.74) is 0.351. The normalized spacial score (nSPS) is 21.3. The third kappa shape index (κ3) is 2.59. The zero-order valence-electron chi connectivity index (χ0n) is 11.5. The Bertz CT molecular complexity index is 693. The van der Waals surface area contributed by atoms with E-state index in [1.807, 2.05) is 30.3 Å². The van der Waals surface area contributed by atoms with Crippen molar-refractivity contribution in [1.29, 1.82) is 0 Å². The van der Waals surface area contributed by atoms with E-state index in [1.165, 1.54) is 0 Å². The van der Waals surface area contributed by atoms with Crippen LogP contribution in [0.3, 0.4) is 0 Å². The number of hydrogen-bond donors (Lipinski definition) is 2. The Morgan fingerprint density at radius 3 is 2.81 bits per heavy atom. The number of nitrogens with one attached hydrogen (secondary N) is 1. The molecular formula is C16H16N2O3. The van der Waals surface area contributed by atoms with Gasteiger partial charge < -0.3 is 10.4 Å². The summed E-state index contributed by atoms with van der Waals surface area (Å²) in [6, 6.07) is 9.07. The molecule has 1 fully saturated rings. The van der Waals surface area contributed by atoms with Gasteiger partial charge in [0, 0.05) is 17.6 Å². The second kappa shape index (κ2) is 5.52. The minimum absolute atomic E-state index is 0.301. The quantitative estimate of drug-likeness (QED) is 0.905. The van der Waals surface area contributed by atoms with E-state index in [4.69, 9.17) is 0 Å². The van der Waals surface area contributed by atoms with Crippen LogP contribution in [0, 0.1) is 5.92 Å². The Kier molecular flexibility index (Phi) is 3.56. The summed E-state index contributed by atoms with van der Waals surface area (Å²) in [7, 11) is 0. The smallest absolute Gasteiger partial charge is 0.308 e. The average Bonchev–Trinajstić information content (AvgIpc) is 2.95. The largest absolute Gasteiger partial charge is 0.481 e. The Labute approximate surface area is 122 Å². The van der Waals surface area contributed by atoms with Gasteiger partial charge in [-0.15, -0.1) is 0 Å². The standard InChI is InChI=1S/C16H16N2O3/c19-15(18-13-7-3-6-12(13)16(20)21)14-11-5-2-1-4-10(11)8-9-17-14/h1-2,4-5,8-9,12-13H,3,6-7H2,(H,18,19)(H,20,21)/t12-,13+/m1/s1. The number of benzene rings is 1. The van der Waals surface area contributed by atoms with E-state index >= 15 is 0 Å². The lowest BCUT2D eigenvalue weighted by Crippen LogP contribution is -2.40. The summed E-state index contributed by atoms with van der Waals surface area (Å²) in [4.78, 5) is 27.8. The number of fused-ring (bicyclic) bond motifs is 1. The molecule has 1 aromatic carbocycles. The topological polar surface area (TPSA) is 79.3 Å². The maximum Gasteiger partial charge on any atom is 0.308 e. The number of amides is 1. The summed E-state index contributed by atoms with van der Waals surface area (Å²) >= 11 is 0. The van der Waals surface area contributed by atoms with Crippen molar-refractivity contribution < 1.29 is 14.7 Å². The second-order valence-electron chi connectivity index (χ2n) is 5.34. The van der Waals surface area contributed by atoms with Crippen LogP contribution >= 0.6 is 0 Å². The highest BCUT2D eigenvalue weighted by Gasteiger charge is 2.34.